The second kappa shape index (κ2) is 8.70. The lowest BCUT2D eigenvalue weighted by atomic mass is 9.87. The number of amides is 2. The Kier molecular flexibility index (Phi) is 5.82. The van der Waals surface area contributed by atoms with E-state index in [9.17, 15) is 19.5 Å². The van der Waals surface area contributed by atoms with E-state index in [4.69, 9.17) is 4.74 Å². The number of carboxylic acids is 1. The van der Waals surface area contributed by atoms with E-state index in [1.54, 1.807) is 4.90 Å². The molecule has 2 fully saturated rings. The maximum atomic E-state index is 13.1. The molecule has 1 saturated carbocycles. The number of nitrogens with zero attached hydrogens (tertiary/aromatic N) is 1. The minimum absolute atomic E-state index is 0.0134. The number of piperidine rings is 1. The molecule has 2 aliphatic carbocycles. The molecule has 2 amide bonds. The smallest absolute Gasteiger partial charge is 0.407 e. The molecule has 1 heterocycles. The molecular formula is C28H32N2O5. The summed E-state index contributed by atoms with van der Waals surface area (Å²) in [5, 5.41) is 12.5. The fourth-order valence-corrected chi connectivity index (χ4v) is 5.94. The van der Waals surface area contributed by atoms with Gasteiger partial charge in [-0.15, -0.1) is 0 Å². The molecule has 1 saturated heterocycles. The van der Waals surface area contributed by atoms with E-state index in [0.717, 1.165) is 24.0 Å². The first-order valence-corrected chi connectivity index (χ1v) is 12.4. The number of fused-ring (bicyclic) bond motifs is 4. The summed E-state index contributed by atoms with van der Waals surface area (Å²) in [6.45, 7) is 4.77. The summed E-state index contributed by atoms with van der Waals surface area (Å²) < 4.78 is 5.60. The molecule has 184 valence electrons. The lowest BCUT2D eigenvalue weighted by Gasteiger charge is -2.36. The van der Waals surface area contributed by atoms with Gasteiger partial charge in [-0.3, -0.25) is 4.79 Å². The number of likely N-dealkylation sites (tertiary alicyclic amines) is 1. The molecule has 0 bridgehead atoms. The van der Waals surface area contributed by atoms with Crippen molar-refractivity contribution < 1.29 is 24.2 Å². The molecule has 0 radical (unpaired) electrons. The van der Waals surface area contributed by atoms with E-state index >= 15 is 0 Å². The minimum Gasteiger partial charge on any atom is -0.479 e. The van der Waals surface area contributed by atoms with E-state index in [2.05, 4.69) is 29.6 Å². The van der Waals surface area contributed by atoms with Crippen molar-refractivity contribution in [2.24, 2.45) is 11.3 Å². The Morgan fingerprint density at radius 1 is 1.09 bits per heavy atom. The molecule has 3 aliphatic rings. The number of alkyl carbamates (subject to hydrolysis) is 1. The van der Waals surface area contributed by atoms with Crippen molar-refractivity contribution >= 4 is 18.0 Å². The summed E-state index contributed by atoms with van der Waals surface area (Å²) >= 11 is 0. The topological polar surface area (TPSA) is 95.9 Å². The van der Waals surface area contributed by atoms with Gasteiger partial charge in [-0.05, 0) is 52.8 Å². The van der Waals surface area contributed by atoms with Crippen LogP contribution in [0, 0.1) is 11.3 Å². The molecule has 1 aliphatic heterocycles. The normalized spacial score (nSPS) is 22.6. The van der Waals surface area contributed by atoms with Gasteiger partial charge in [0.25, 0.3) is 0 Å². The van der Waals surface area contributed by atoms with Crippen LogP contribution in [-0.4, -0.2) is 53.2 Å². The predicted molar refractivity (Wildman–Crippen MR) is 131 cm³/mol. The van der Waals surface area contributed by atoms with Crippen molar-refractivity contribution in [2.75, 3.05) is 19.7 Å². The molecular weight excluding hydrogens is 444 g/mol. The number of aliphatic carboxylic acids is 1. The fraction of sp³-hybridized carbons (Fsp3) is 0.464. The molecule has 2 unspecified atom stereocenters. The van der Waals surface area contributed by atoms with Gasteiger partial charge in [0.05, 0.1) is 0 Å². The van der Waals surface area contributed by atoms with Crippen LogP contribution >= 0.6 is 0 Å². The largest absolute Gasteiger partial charge is 0.479 e. The molecule has 2 N–H and O–H groups in total. The van der Waals surface area contributed by atoms with Crippen molar-refractivity contribution in [1.82, 2.24) is 10.2 Å². The standard InChI is InChI=1S/C28H32N2O5/c1-27(2,15-24(31)30-13-7-8-18-14-28(18,30)25(32)33)17-29-26(34)35-16-23-21-11-5-3-9-19(21)20-10-4-6-12-22(20)23/h3-6,9-12,18,23H,7-8,13-17H2,1-2H3,(H,29,34)(H,32,33). The van der Waals surface area contributed by atoms with Crippen molar-refractivity contribution in [3.63, 3.8) is 0 Å². The summed E-state index contributed by atoms with van der Waals surface area (Å²) in [6.07, 6.45) is 1.90. The molecule has 0 aromatic heterocycles. The third-order valence-corrected chi connectivity index (χ3v) is 7.84. The highest BCUT2D eigenvalue weighted by Gasteiger charge is 2.66. The SMILES string of the molecule is CC(C)(CNC(=O)OCC1c2ccccc2-c2ccccc21)CC(=O)N1CCCC2CC21C(=O)O. The zero-order chi connectivity index (χ0) is 24.8. The Morgan fingerprint density at radius 3 is 2.34 bits per heavy atom. The van der Waals surface area contributed by atoms with Crippen LogP contribution in [0.2, 0.25) is 0 Å². The summed E-state index contributed by atoms with van der Waals surface area (Å²) in [6, 6.07) is 16.4. The molecule has 35 heavy (non-hydrogen) atoms. The number of carbonyl (C=O) groups excluding carboxylic acids is 2. The second-order valence-electron chi connectivity index (χ2n) is 10.8. The zero-order valence-corrected chi connectivity index (χ0v) is 20.3. The van der Waals surface area contributed by atoms with Crippen LogP contribution in [-0.2, 0) is 14.3 Å². The number of carbonyl (C=O) groups is 3. The minimum atomic E-state index is -1.01. The van der Waals surface area contributed by atoms with E-state index in [1.807, 2.05) is 38.1 Å². The predicted octanol–water partition coefficient (Wildman–Crippen LogP) is 4.41. The van der Waals surface area contributed by atoms with E-state index < -0.39 is 23.0 Å². The zero-order valence-electron chi connectivity index (χ0n) is 20.3. The highest BCUT2D eigenvalue weighted by atomic mass is 16.5. The highest BCUT2D eigenvalue weighted by Crippen LogP contribution is 2.54. The Labute approximate surface area is 205 Å². The number of rotatable bonds is 7. The lowest BCUT2D eigenvalue weighted by molar-refractivity contribution is -0.155. The molecule has 2 aromatic carbocycles. The van der Waals surface area contributed by atoms with Crippen LogP contribution in [0.1, 0.15) is 56.6 Å². The van der Waals surface area contributed by atoms with E-state index in [-0.39, 0.29) is 37.3 Å². The highest BCUT2D eigenvalue weighted by molar-refractivity contribution is 5.91. The molecule has 7 nitrogen and oxygen atoms in total. The average molecular weight is 477 g/mol. The summed E-state index contributed by atoms with van der Waals surface area (Å²) in [5.41, 5.74) is 3.10. The quantitative estimate of drug-likeness (QED) is 0.617. The number of ether oxygens (including phenoxy) is 1. The summed E-state index contributed by atoms with van der Waals surface area (Å²) in [4.78, 5) is 39.1. The maximum Gasteiger partial charge on any atom is 0.407 e. The number of nitrogens with one attached hydrogen (secondary N) is 1. The van der Waals surface area contributed by atoms with Gasteiger partial charge in [0.15, 0.2) is 0 Å². The Balaban J connectivity index is 1.16. The van der Waals surface area contributed by atoms with Crippen molar-refractivity contribution in [1.29, 1.82) is 0 Å². The van der Waals surface area contributed by atoms with Crippen molar-refractivity contribution in [2.45, 2.75) is 51.0 Å². The number of hydrogen-bond donors (Lipinski definition) is 2. The van der Waals surface area contributed by atoms with Gasteiger partial charge >= 0.3 is 12.1 Å². The van der Waals surface area contributed by atoms with Gasteiger partial charge in [-0.2, -0.15) is 0 Å². The molecule has 5 rings (SSSR count). The van der Waals surface area contributed by atoms with Crippen LogP contribution in [0.4, 0.5) is 4.79 Å². The summed E-state index contributed by atoms with van der Waals surface area (Å²) in [7, 11) is 0. The van der Waals surface area contributed by atoms with Crippen LogP contribution in [0.5, 0.6) is 0 Å². The van der Waals surface area contributed by atoms with Crippen molar-refractivity contribution in [3.8, 4) is 11.1 Å². The van der Waals surface area contributed by atoms with Gasteiger partial charge in [0.2, 0.25) is 5.91 Å². The number of benzene rings is 2. The lowest BCUT2D eigenvalue weighted by Crippen LogP contribution is -2.52. The van der Waals surface area contributed by atoms with Crippen LogP contribution in [0.15, 0.2) is 48.5 Å². The monoisotopic (exact) mass is 476 g/mol. The average Bonchev–Trinajstić information content (AvgIpc) is 3.52. The first-order chi connectivity index (χ1) is 16.7. The van der Waals surface area contributed by atoms with E-state index in [0.29, 0.717) is 13.0 Å². The van der Waals surface area contributed by atoms with E-state index in [1.165, 1.54) is 11.1 Å². The third-order valence-electron chi connectivity index (χ3n) is 7.84. The molecule has 2 atom stereocenters. The molecule has 7 heteroatoms. The van der Waals surface area contributed by atoms with Crippen LogP contribution < -0.4 is 5.32 Å². The van der Waals surface area contributed by atoms with Gasteiger partial charge < -0.3 is 20.1 Å². The fourth-order valence-electron chi connectivity index (χ4n) is 5.94. The third kappa shape index (κ3) is 4.17. The second-order valence-corrected chi connectivity index (χ2v) is 10.8. The Hall–Kier alpha value is -3.35. The van der Waals surface area contributed by atoms with Gasteiger partial charge in [-0.25, -0.2) is 9.59 Å². The Bertz CT molecular complexity index is 1130. The van der Waals surface area contributed by atoms with Gasteiger partial charge in [-0.1, -0.05) is 62.4 Å². The number of hydrogen-bond acceptors (Lipinski definition) is 4. The number of carboxylic acid groups (broad SMARTS) is 1. The van der Waals surface area contributed by atoms with Crippen molar-refractivity contribution in [3.05, 3.63) is 59.7 Å². The summed E-state index contributed by atoms with van der Waals surface area (Å²) in [5.74, 6) is -1.00. The molecule has 2 aromatic rings. The first-order valence-electron chi connectivity index (χ1n) is 12.4. The Morgan fingerprint density at radius 2 is 1.71 bits per heavy atom. The maximum absolute atomic E-state index is 13.1. The van der Waals surface area contributed by atoms with Crippen LogP contribution in [0.25, 0.3) is 11.1 Å². The first kappa shape index (κ1) is 23.4. The van der Waals surface area contributed by atoms with Gasteiger partial charge in [0, 0.05) is 25.4 Å². The van der Waals surface area contributed by atoms with Gasteiger partial charge in [0.1, 0.15) is 12.1 Å². The van der Waals surface area contributed by atoms with Crippen LogP contribution in [0.3, 0.4) is 0 Å². The molecule has 0 spiro atoms.